The highest BCUT2D eigenvalue weighted by atomic mass is 16.5. The van der Waals surface area contributed by atoms with Crippen LogP contribution in [0.15, 0.2) is 18.3 Å². The Bertz CT molecular complexity index is 504. The zero-order valence-corrected chi connectivity index (χ0v) is 12.8. The third-order valence-electron chi connectivity index (χ3n) is 3.39. The number of carbonyl (C=O) groups excluding carboxylic acids is 1. The molecule has 0 aliphatic rings. The van der Waals surface area contributed by atoms with E-state index in [1.54, 1.807) is 26.0 Å². The summed E-state index contributed by atoms with van der Waals surface area (Å²) < 4.78 is 5.56. The number of carboxylic acids is 1. The standard InChI is InChI=1S/C15H22N2O4/c1-5-9(2)21-13-8-12(6-7-16-13)14(18)17-11(4)10(3)15(19)20/h6-11H,5H2,1-4H3,(H,17,18)(H,19,20). The Morgan fingerprint density at radius 1 is 1.38 bits per heavy atom. The van der Waals surface area contributed by atoms with Crippen LogP contribution in [0.1, 0.15) is 44.5 Å². The number of amides is 1. The Hall–Kier alpha value is -2.11. The van der Waals surface area contributed by atoms with Gasteiger partial charge < -0.3 is 15.2 Å². The van der Waals surface area contributed by atoms with E-state index in [2.05, 4.69) is 10.3 Å². The minimum Gasteiger partial charge on any atom is -0.481 e. The molecule has 0 saturated carbocycles. The third-order valence-corrected chi connectivity index (χ3v) is 3.39. The number of carbonyl (C=O) groups is 2. The lowest BCUT2D eigenvalue weighted by atomic mass is 10.0. The van der Waals surface area contributed by atoms with Crippen LogP contribution < -0.4 is 10.1 Å². The number of pyridine rings is 1. The molecule has 0 aromatic carbocycles. The molecule has 0 radical (unpaired) electrons. The van der Waals surface area contributed by atoms with Crippen LogP contribution in [0.3, 0.4) is 0 Å². The summed E-state index contributed by atoms with van der Waals surface area (Å²) in [6, 6.07) is 2.65. The minimum absolute atomic E-state index is 0.0155. The van der Waals surface area contributed by atoms with Crippen LogP contribution in [0.2, 0.25) is 0 Å². The molecule has 6 nitrogen and oxygen atoms in total. The van der Waals surface area contributed by atoms with Gasteiger partial charge in [-0.25, -0.2) is 4.98 Å². The lowest BCUT2D eigenvalue weighted by Crippen LogP contribution is -2.40. The van der Waals surface area contributed by atoms with E-state index >= 15 is 0 Å². The zero-order valence-electron chi connectivity index (χ0n) is 12.8. The second-order valence-electron chi connectivity index (χ2n) is 5.11. The van der Waals surface area contributed by atoms with Gasteiger partial charge >= 0.3 is 5.97 Å². The number of carboxylic acid groups (broad SMARTS) is 1. The normalized spacial score (nSPS) is 14.9. The van der Waals surface area contributed by atoms with Crippen LogP contribution in [0.4, 0.5) is 0 Å². The van der Waals surface area contributed by atoms with Crippen LogP contribution in [0.25, 0.3) is 0 Å². The van der Waals surface area contributed by atoms with Crippen molar-refractivity contribution in [2.75, 3.05) is 0 Å². The summed E-state index contributed by atoms with van der Waals surface area (Å²) in [6.07, 6.45) is 2.35. The zero-order chi connectivity index (χ0) is 16.0. The fourth-order valence-electron chi connectivity index (χ4n) is 1.53. The van der Waals surface area contributed by atoms with Gasteiger partial charge in [0, 0.05) is 23.9 Å². The third kappa shape index (κ3) is 5.06. The minimum atomic E-state index is -0.946. The molecule has 3 atom stereocenters. The summed E-state index contributed by atoms with van der Waals surface area (Å²) in [5, 5.41) is 11.6. The molecule has 0 saturated heterocycles. The van der Waals surface area contributed by atoms with E-state index in [9.17, 15) is 9.59 Å². The summed E-state index contributed by atoms with van der Waals surface area (Å²) in [5.41, 5.74) is 0.396. The van der Waals surface area contributed by atoms with E-state index in [0.717, 1.165) is 6.42 Å². The molecule has 116 valence electrons. The van der Waals surface area contributed by atoms with Gasteiger partial charge in [0.15, 0.2) is 0 Å². The summed E-state index contributed by atoms with van der Waals surface area (Å²) in [4.78, 5) is 27.0. The van der Waals surface area contributed by atoms with Gasteiger partial charge in [-0.05, 0) is 33.3 Å². The summed E-state index contributed by atoms with van der Waals surface area (Å²) in [7, 11) is 0. The van der Waals surface area contributed by atoms with Crippen molar-refractivity contribution in [3.63, 3.8) is 0 Å². The van der Waals surface area contributed by atoms with Crippen molar-refractivity contribution in [3.05, 3.63) is 23.9 Å². The van der Waals surface area contributed by atoms with Gasteiger partial charge in [0.25, 0.3) is 5.91 Å². The predicted molar refractivity (Wildman–Crippen MR) is 78.3 cm³/mol. The molecule has 0 spiro atoms. The highest BCUT2D eigenvalue weighted by molar-refractivity contribution is 5.94. The smallest absolute Gasteiger partial charge is 0.308 e. The molecule has 2 N–H and O–H groups in total. The van der Waals surface area contributed by atoms with Crippen LogP contribution in [0.5, 0.6) is 5.88 Å². The Labute approximate surface area is 124 Å². The van der Waals surface area contributed by atoms with Gasteiger partial charge in [-0.3, -0.25) is 9.59 Å². The van der Waals surface area contributed by atoms with Crippen LogP contribution in [-0.4, -0.2) is 34.1 Å². The number of nitrogens with one attached hydrogen (secondary N) is 1. The monoisotopic (exact) mass is 294 g/mol. The first-order valence-electron chi connectivity index (χ1n) is 7.01. The van der Waals surface area contributed by atoms with Gasteiger partial charge in [-0.1, -0.05) is 6.92 Å². The first kappa shape index (κ1) is 16.9. The summed E-state index contributed by atoms with van der Waals surface area (Å²) >= 11 is 0. The van der Waals surface area contributed by atoms with Crippen molar-refractivity contribution in [1.29, 1.82) is 0 Å². The molecule has 1 heterocycles. The van der Waals surface area contributed by atoms with Crippen molar-refractivity contribution >= 4 is 11.9 Å². The fourth-order valence-corrected chi connectivity index (χ4v) is 1.53. The topological polar surface area (TPSA) is 88.5 Å². The van der Waals surface area contributed by atoms with Crippen molar-refractivity contribution in [3.8, 4) is 5.88 Å². The number of aromatic nitrogens is 1. The van der Waals surface area contributed by atoms with Gasteiger partial charge in [0.2, 0.25) is 5.88 Å². The van der Waals surface area contributed by atoms with Crippen LogP contribution in [0, 0.1) is 5.92 Å². The molecule has 0 bridgehead atoms. The summed E-state index contributed by atoms with van der Waals surface area (Å²) in [5.74, 6) is -1.56. The Morgan fingerprint density at radius 3 is 2.62 bits per heavy atom. The number of hydrogen-bond donors (Lipinski definition) is 2. The maximum Gasteiger partial charge on any atom is 0.308 e. The van der Waals surface area contributed by atoms with Crippen LogP contribution in [-0.2, 0) is 4.79 Å². The molecule has 1 amide bonds. The average Bonchev–Trinajstić information content (AvgIpc) is 2.46. The van der Waals surface area contributed by atoms with E-state index in [1.165, 1.54) is 6.20 Å². The first-order valence-corrected chi connectivity index (χ1v) is 7.01. The number of nitrogens with zero attached hydrogens (tertiary/aromatic N) is 1. The van der Waals surface area contributed by atoms with Gasteiger partial charge in [0.1, 0.15) is 0 Å². The largest absolute Gasteiger partial charge is 0.481 e. The van der Waals surface area contributed by atoms with Gasteiger partial charge in [-0.2, -0.15) is 0 Å². The van der Waals surface area contributed by atoms with Crippen molar-refractivity contribution < 1.29 is 19.4 Å². The maximum absolute atomic E-state index is 12.1. The van der Waals surface area contributed by atoms with Crippen LogP contribution >= 0.6 is 0 Å². The summed E-state index contributed by atoms with van der Waals surface area (Å²) in [6.45, 7) is 7.13. The molecule has 3 unspecified atom stereocenters. The Balaban J connectivity index is 2.74. The lowest BCUT2D eigenvalue weighted by Gasteiger charge is -2.18. The molecule has 1 aromatic rings. The second-order valence-corrected chi connectivity index (χ2v) is 5.11. The molecule has 1 rings (SSSR count). The van der Waals surface area contributed by atoms with Crippen molar-refractivity contribution in [2.24, 2.45) is 5.92 Å². The fraction of sp³-hybridized carbons (Fsp3) is 0.533. The lowest BCUT2D eigenvalue weighted by molar-refractivity contribution is -0.141. The SMILES string of the molecule is CCC(C)Oc1cc(C(=O)NC(C)C(C)C(=O)O)ccn1. The Kier molecular flexibility index (Phi) is 6.14. The van der Waals surface area contributed by atoms with E-state index in [4.69, 9.17) is 9.84 Å². The number of hydrogen-bond acceptors (Lipinski definition) is 4. The predicted octanol–water partition coefficient (Wildman–Crippen LogP) is 2.10. The van der Waals surface area contributed by atoms with Crippen molar-refractivity contribution in [2.45, 2.75) is 46.3 Å². The molecule has 21 heavy (non-hydrogen) atoms. The number of rotatable bonds is 7. The average molecular weight is 294 g/mol. The molecule has 0 fully saturated rings. The van der Waals surface area contributed by atoms with Gasteiger partial charge in [-0.15, -0.1) is 0 Å². The van der Waals surface area contributed by atoms with Crippen molar-refractivity contribution in [1.82, 2.24) is 10.3 Å². The Morgan fingerprint density at radius 2 is 2.05 bits per heavy atom. The number of ether oxygens (including phenoxy) is 1. The van der Waals surface area contributed by atoms with E-state index < -0.39 is 17.9 Å². The van der Waals surface area contributed by atoms with E-state index in [-0.39, 0.29) is 12.0 Å². The molecule has 0 aliphatic heterocycles. The highest BCUT2D eigenvalue weighted by Gasteiger charge is 2.21. The van der Waals surface area contributed by atoms with E-state index in [0.29, 0.717) is 11.4 Å². The van der Waals surface area contributed by atoms with Gasteiger partial charge in [0.05, 0.1) is 12.0 Å². The molecular weight excluding hydrogens is 272 g/mol. The molecule has 6 heteroatoms. The molecule has 0 aliphatic carbocycles. The highest BCUT2D eigenvalue weighted by Crippen LogP contribution is 2.13. The molecular formula is C15H22N2O4. The number of aliphatic carboxylic acids is 1. The second kappa shape index (κ2) is 7.61. The molecule has 1 aromatic heterocycles. The maximum atomic E-state index is 12.1. The van der Waals surface area contributed by atoms with E-state index in [1.807, 2.05) is 13.8 Å². The first-order chi connectivity index (χ1) is 9.85. The quantitative estimate of drug-likeness (QED) is 0.804.